The molecule has 5 heteroatoms. The summed E-state index contributed by atoms with van der Waals surface area (Å²) in [6, 6.07) is 7.80. The Hall–Kier alpha value is -1.49. The number of nitrogens with one attached hydrogen (secondary N) is 1. The molecule has 3 nitrogen and oxygen atoms in total. The van der Waals surface area contributed by atoms with E-state index >= 15 is 0 Å². The van der Waals surface area contributed by atoms with Crippen molar-refractivity contribution >= 4 is 40.8 Å². The Labute approximate surface area is 124 Å². The van der Waals surface area contributed by atoms with Crippen molar-refractivity contribution in [3.63, 3.8) is 0 Å². The van der Waals surface area contributed by atoms with Crippen molar-refractivity contribution in [1.82, 2.24) is 5.32 Å². The van der Waals surface area contributed by atoms with Gasteiger partial charge in [0.05, 0.1) is 6.04 Å². The van der Waals surface area contributed by atoms with E-state index in [-0.39, 0.29) is 6.04 Å². The van der Waals surface area contributed by atoms with Crippen LogP contribution in [-0.2, 0) is 4.74 Å². The highest BCUT2D eigenvalue weighted by Crippen LogP contribution is 2.29. The number of hydrogen-bond acceptors (Lipinski definition) is 3. The lowest BCUT2D eigenvalue weighted by Gasteiger charge is -2.21. The first-order valence-corrected chi connectivity index (χ1v) is 7.35. The molecule has 0 saturated carbocycles. The van der Waals surface area contributed by atoms with Gasteiger partial charge in [-0.05, 0) is 39.1 Å². The van der Waals surface area contributed by atoms with Gasteiger partial charge in [-0.15, -0.1) is 11.3 Å². The number of fused-ring (bicyclic) bond motifs is 1. The molecule has 2 rings (SSSR count). The van der Waals surface area contributed by atoms with Crippen LogP contribution in [0, 0.1) is 0 Å². The SMILES string of the molecule is [B]c1ccc2cc(C(C)NC(=O)OC(C)(C)C)sc2c1. The standard InChI is InChI=1S/C15H18BNO2S/c1-9(17-14(18)19-15(2,3)4)12-7-10-5-6-11(16)8-13(10)20-12/h5-9H,1-4H3,(H,17,18). The van der Waals surface area contributed by atoms with Gasteiger partial charge in [-0.3, -0.25) is 0 Å². The lowest BCUT2D eigenvalue weighted by molar-refractivity contribution is 0.0509. The molecule has 104 valence electrons. The van der Waals surface area contributed by atoms with Crippen LogP contribution in [0.2, 0.25) is 0 Å². The van der Waals surface area contributed by atoms with E-state index in [2.05, 4.69) is 11.4 Å². The number of thiophene rings is 1. The second-order valence-corrected chi connectivity index (χ2v) is 6.93. The first-order chi connectivity index (χ1) is 9.24. The molecule has 1 heterocycles. The molecule has 1 aromatic heterocycles. The third kappa shape index (κ3) is 3.76. The van der Waals surface area contributed by atoms with Crippen LogP contribution in [0.1, 0.15) is 38.6 Å². The van der Waals surface area contributed by atoms with Gasteiger partial charge in [-0.25, -0.2) is 4.79 Å². The lowest BCUT2D eigenvalue weighted by Crippen LogP contribution is -2.33. The highest BCUT2D eigenvalue weighted by Gasteiger charge is 2.19. The summed E-state index contributed by atoms with van der Waals surface area (Å²) in [7, 11) is 5.78. The van der Waals surface area contributed by atoms with Gasteiger partial charge in [-0.1, -0.05) is 23.7 Å². The number of benzene rings is 1. The van der Waals surface area contributed by atoms with E-state index < -0.39 is 11.7 Å². The van der Waals surface area contributed by atoms with E-state index in [1.807, 2.05) is 45.9 Å². The minimum Gasteiger partial charge on any atom is -0.444 e. The molecule has 0 spiro atoms. The zero-order chi connectivity index (χ0) is 14.9. The van der Waals surface area contributed by atoms with Crippen molar-refractivity contribution in [2.75, 3.05) is 0 Å². The van der Waals surface area contributed by atoms with Crippen LogP contribution >= 0.6 is 11.3 Å². The number of ether oxygens (including phenoxy) is 1. The quantitative estimate of drug-likeness (QED) is 0.861. The highest BCUT2D eigenvalue weighted by atomic mass is 32.1. The fourth-order valence-electron chi connectivity index (χ4n) is 1.84. The molecular weight excluding hydrogens is 269 g/mol. The minimum absolute atomic E-state index is 0.0940. The molecule has 20 heavy (non-hydrogen) atoms. The van der Waals surface area contributed by atoms with Gasteiger partial charge in [0.1, 0.15) is 13.4 Å². The van der Waals surface area contributed by atoms with Crippen LogP contribution in [0.4, 0.5) is 4.79 Å². The van der Waals surface area contributed by atoms with E-state index in [9.17, 15) is 4.79 Å². The third-order valence-corrected chi connectivity index (χ3v) is 4.00. The molecule has 0 aliphatic rings. The van der Waals surface area contributed by atoms with Gasteiger partial charge in [-0.2, -0.15) is 0 Å². The zero-order valence-electron chi connectivity index (χ0n) is 12.2. The fourth-order valence-corrected chi connectivity index (χ4v) is 2.95. The topological polar surface area (TPSA) is 38.3 Å². The molecule has 2 radical (unpaired) electrons. The molecule has 1 N–H and O–H groups in total. The predicted molar refractivity (Wildman–Crippen MR) is 85.0 cm³/mol. The Morgan fingerprint density at radius 2 is 2.05 bits per heavy atom. The van der Waals surface area contributed by atoms with Crippen LogP contribution in [0.5, 0.6) is 0 Å². The average Bonchev–Trinajstić information content (AvgIpc) is 2.68. The number of amides is 1. The normalized spacial score (nSPS) is 13.2. The molecule has 0 aliphatic carbocycles. The van der Waals surface area contributed by atoms with Crippen LogP contribution in [0.3, 0.4) is 0 Å². The summed E-state index contributed by atoms with van der Waals surface area (Å²) in [4.78, 5) is 12.8. The predicted octanol–water partition coefficient (Wildman–Crippen LogP) is 3.28. The minimum atomic E-state index is -0.488. The third-order valence-electron chi connectivity index (χ3n) is 2.72. The largest absolute Gasteiger partial charge is 0.444 e. The second-order valence-electron chi connectivity index (χ2n) is 5.81. The summed E-state index contributed by atoms with van der Waals surface area (Å²) in [6.45, 7) is 7.48. The van der Waals surface area contributed by atoms with Crippen molar-refractivity contribution in [3.8, 4) is 0 Å². The van der Waals surface area contributed by atoms with Crippen molar-refractivity contribution < 1.29 is 9.53 Å². The van der Waals surface area contributed by atoms with Gasteiger partial charge < -0.3 is 10.1 Å². The Balaban J connectivity index is 2.11. The number of carbonyl (C=O) groups is 1. The molecular formula is C15H18BNO2S. The first-order valence-electron chi connectivity index (χ1n) is 6.53. The Bertz CT molecular complexity index is 630. The molecule has 0 saturated heterocycles. The van der Waals surface area contributed by atoms with E-state index in [4.69, 9.17) is 12.6 Å². The summed E-state index contributed by atoms with van der Waals surface area (Å²) >= 11 is 1.63. The van der Waals surface area contributed by atoms with Gasteiger partial charge >= 0.3 is 6.09 Å². The number of rotatable bonds is 2. The van der Waals surface area contributed by atoms with E-state index in [1.165, 1.54) is 0 Å². The van der Waals surface area contributed by atoms with Crippen molar-refractivity contribution in [1.29, 1.82) is 0 Å². The van der Waals surface area contributed by atoms with Crippen LogP contribution in [0.15, 0.2) is 24.3 Å². The molecule has 2 aromatic rings. The summed E-state index contributed by atoms with van der Waals surface area (Å²) in [5, 5.41) is 3.98. The first kappa shape index (κ1) is 14.9. The van der Waals surface area contributed by atoms with E-state index in [0.29, 0.717) is 0 Å². The molecule has 0 bridgehead atoms. The maximum Gasteiger partial charge on any atom is 0.408 e. The smallest absolute Gasteiger partial charge is 0.408 e. The van der Waals surface area contributed by atoms with Gasteiger partial charge in [0.15, 0.2) is 0 Å². The van der Waals surface area contributed by atoms with Crippen LogP contribution in [0.25, 0.3) is 10.1 Å². The van der Waals surface area contributed by atoms with Gasteiger partial charge in [0.25, 0.3) is 0 Å². The van der Waals surface area contributed by atoms with Gasteiger partial charge in [0.2, 0.25) is 0 Å². The van der Waals surface area contributed by atoms with Crippen molar-refractivity contribution in [2.24, 2.45) is 0 Å². The molecule has 1 atom stereocenters. The summed E-state index contributed by atoms with van der Waals surface area (Å²) in [6.07, 6.45) is -0.401. The number of hydrogen-bond donors (Lipinski definition) is 1. The van der Waals surface area contributed by atoms with Crippen LogP contribution in [-0.4, -0.2) is 19.5 Å². The number of alkyl carbamates (subject to hydrolysis) is 1. The maximum atomic E-state index is 11.8. The summed E-state index contributed by atoms with van der Waals surface area (Å²) in [5.74, 6) is 0. The van der Waals surface area contributed by atoms with E-state index in [1.54, 1.807) is 11.3 Å². The van der Waals surface area contributed by atoms with Crippen LogP contribution < -0.4 is 10.8 Å². The van der Waals surface area contributed by atoms with Crippen molar-refractivity contribution in [3.05, 3.63) is 29.1 Å². The molecule has 1 amide bonds. The monoisotopic (exact) mass is 287 g/mol. The van der Waals surface area contributed by atoms with Gasteiger partial charge in [0, 0.05) is 9.58 Å². The molecule has 0 aliphatic heterocycles. The lowest BCUT2D eigenvalue weighted by atomic mass is 9.96. The zero-order valence-corrected chi connectivity index (χ0v) is 13.0. The van der Waals surface area contributed by atoms with Crippen molar-refractivity contribution in [2.45, 2.75) is 39.3 Å². The molecule has 1 unspecified atom stereocenters. The Morgan fingerprint density at radius 3 is 2.70 bits per heavy atom. The molecule has 0 fully saturated rings. The second kappa shape index (κ2) is 5.48. The van der Waals surface area contributed by atoms with E-state index in [0.717, 1.165) is 20.4 Å². The molecule has 1 aromatic carbocycles. The fraction of sp³-hybridized carbons (Fsp3) is 0.400. The average molecular weight is 287 g/mol. The summed E-state index contributed by atoms with van der Waals surface area (Å²) in [5.41, 5.74) is 0.261. The maximum absolute atomic E-state index is 11.8. The Kier molecular flexibility index (Phi) is 4.09. The summed E-state index contributed by atoms with van der Waals surface area (Å²) < 4.78 is 6.38. The number of carbonyl (C=O) groups excluding carboxylic acids is 1. The Morgan fingerprint density at radius 1 is 1.35 bits per heavy atom. The highest BCUT2D eigenvalue weighted by molar-refractivity contribution is 7.19.